The summed E-state index contributed by atoms with van der Waals surface area (Å²) in [6, 6.07) is 10.4. The summed E-state index contributed by atoms with van der Waals surface area (Å²) in [6.45, 7) is 4.71. The van der Waals surface area contributed by atoms with E-state index in [1.807, 2.05) is 13.0 Å². The van der Waals surface area contributed by atoms with Gasteiger partial charge in [0.25, 0.3) is 0 Å². The number of hydrogen-bond acceptors (Lipinski definition) is 3. The number of β-amino-alcohol motifs (C(OH)–C–C–N with tert-alkyl or cyclic N) is 1. The number of likely N-dealkylation sites (tertiary alicyclic amines) is 1. The Morgan fingerprint density at radius 1 is 1.39 bits per heavy atom. The summed E-state index contributed by atoms with van der Waals surface area (Å²) in [5, 5.41) is 10.8. The maximum absolute atomic E-state index is 9.59. The van der Waals surface area contributed by atoms with E-state index in [2.05, 4.69) is 34.1 Å². The number of fused-ring (bicyclic) bond motifs is 1. The highest BCUT2D eigenvalue weighted by Crippen LogP contribution is 2.21. The van der Waals surface area contributed by atoms with Crippen molar-refractivity contribution in [1.29, 1.82) is 0 Å². The van der Waals surface area contributed by atoms with Crippen LogP contribution in [-0.2, 0) is 6.54 Å². The summed E-state index contributed by atoms with van der Waals surface area (Å²) in [5.74, 6) is 0. The fraction of sp³-hybridized carbons (Fsp3) is 0.400. The van der Waals surface area contributed by atoms with Crippen LogP contribution < -0.4 is 0 Å². The van der Waals surface area contributed by atoms with E-state index in [4.69, 9.17) is 0 Å². The Bertz CT molecular complexity index is 567. The summed E-state index contributed by atoms with van der Waals surface area (Å²) in [6.07, 6.45) is 0.737. The molecule has 1 fully saturated rings. The molecule has 1 aliphatic heterocycles. The van der Waals surface area contributed by atoms with Crippen LogP contribution in [0.15, 0.2) is 30.3 Å². The standard InChI is InChI=1S/C15H18N2O/c1-11-8-12(9-17-7-6-13(18)10-17)14-4-2-3-5-15(14)16-11/h2-5,8,13,18H,6-7,9-10H2,1H3. The number of aliphatic hydroxyl groups excluding tert-OH is 1. The Hall–Kier alpha value is -1.45. The van der Waals surface area contributed by atoms with Gasteiger partial charge in [0.05, 0.1) is 11.6 Å². The average Bonchev–Trinajstić information content (AvgIpc) is 2.74. The molecule has 0 radical (unpaired) electrons. The minimum Gasteiger partial charge on any atom is -0.392 e. The van der Waals surface area contributed by atoms with Crippen molar-refractivity contribution in [2.24, 2.45) is 0 Å². The van der Waals surface area contributed by atoms with Gasteiger partial charge in [-0.2, -0.15) is 0 Å². The van der Waals surface area contributed by atoms with Crippen molar-refractivity contribution in [2.75, 3.05) is 13.1 Å². The molecular weight excluding hydrogens is 224 g/mol. The van der Waals surface area contributed by atoms with Gasteiger partial charge in [0.2, 0.25) is 0 Å². The van der Waals surface area contributed by atoms with Gasteiger partial charge in [-0.05, 0) is 31.0 Å². The van der Waals surface area contributed by atoms with Crippen LogP contribution in [0.1, 0.15) is 17.7 Å². The molecule has 3 rings (SSSR count). The third-order valence-corrected chi connectivity index (χ3v) is 3.57. The molecule has 94 valence electrons. The highest BCUT2D eigenvalue weighted by atomic mass is 16.3. The Morgan fingerprint density at radius 3 is 3.00 bits per heavy atom. The van der Waals surface area contributed by atoms with Crippen LogP contribution in [0.25, 0.3) is 10.9 Å². The van der Waals surface area contributed by atoms with E-state index in [9.17, 15) is 5.11 Å². The third-order valence-electron chi connectivity index (χ3n) is 3.57. The third kappa shape index (κ3) is 2.24. The lowest BCUT2D eigenvalue weighted by molar-refractivity contribution is 0.175. The van der Waals surface area contributed by atoms with Gasteiger partial charge in [-0.1, -0.05) is 18.2 Å². The molecule has 2 aromatic rings. The molecule has 0 amide bonds. The first-order valence-corrected chi connectivity index (χ1v) is 6.48. The van der Waals surface area contributed by atoms with Crippen molar-refractivity contribution in [1.82, 2.24) is 9.88 Å². The lowest BCUT2D eigenvalue weighted by atomic mass is 10.1. The Balaban J connectivity index is 1.95. The number of nitrogens with zero attached hydrogens (tertiary/aromatic N) is 2. The van der Waals surface area contributed by atoms with Gasteiger partial charge in [0, 0.05) is 30.7 Å². The summed E-state index contributed by atoms with van der Waals surface area (Å²) in [5.41, 5.74) is 3.43. The van der Waals surface area contributed by atoms with Gasteiger partial charge in [-0.15, -0.1) is 0 Å². The lowest BCUT2D eigenvalue weighted by Crippen LogP contribution is -2.21. The molecule has 18 heavy (non-hydrogen) atoms. The van der Waals surface area contributed by atoms with Crippen LogP contribution in [0, 0.1) is 6.92 Å². The second kappa shape index (κ2) is 4.67. The number of pyridine rings is 1. The average molecular weight is 242 g/mol. The maximum Gasteiger partial charge on any atom is 0.0708 e. The molecular formula is C15H18N2O. The van der Waals surface area contributed by atoms with Crippen LogP contribution >= 0.6 is 0 Å². The highest BCUT2D eigenvalue weighted by molar-refractivity contribution is 5.82. The van der Waals surface area contributed by atoms with E-state index >= 15 is 0 Å². The van der Waals surface area contributed by atoms with Crippen molar-refractivity contribution in [3.8, 4) is 0 Å². The van der Waals surface area contributed by atoms with E-state index in [-0.39, 0.29) is 6.10 Å². The van der Waals surface area contributed by atoms with E-state index in [1.54, 1.807) is 0 Å². The van der Waals surface area contributed by atoms with Crippen LogP contribution in [-0.4, -0.2) is 34.2 Å². The fourth-order valence-electron chi connectivity index (χ4n) is 2.72. The molecule has 1 aliphatic rings. The molecule has 2 heterocycles. The molecule has 3 heteroatoms. The van der Waals surface area contributed by atoms with E-state index < -0.39 is 0 Å². The van der Waals surface area contributed by atoms with Crippen molar-refractivity contribution < 1.29 is 5.11 Å². The molecule has 0 saturated carbocycles. The van der Waals surface area contributed by atoms with Gasteiger partial charge in [-0.25, -0.2) is 0 Å². The second-order valence-electron chi connectivity index (χ2n) is 5.12. The number of rotatable bonds is 2. The smallest absolute Gasteiger partial charge is 0.0708 e. The minimum absolute atomic E-state index is 0.154. The van der Waals surface area contributed by atoms with E-state index in [1.165, 1.54) is 10.9 Å². The quantitative estimate of drug-likeness (QED) is 0.876. The molecule has 1 N–H and O–H groups in total. The maximum atomic E-state index is 9.59. The number of aryl methyl sites for hydroxylation is 1. The summed E-state index contributed by atoms with van der Waals surface area (Å²) >= 11 is 0. The zero-order valence-electron chi connectivity index (χ0n) is 10.6. The first kappa shape index (κ1) is 11.6. The molecule has 1 aromatic carbocycles. The van der Waals surface area contributed by atoms with Gasteiger partial charge in [0.1, 0.15) is 0 Å². The first-order chi connectivity index (χ1) is 8.72. The zero-order chi connectivity index (χ0) is 12.5. The van der Waals surface area contributed by atoms with Crippen molar-refractivity contribution in [3.05, 3.63) is 41.6 Å². The second-order valence-corrected chi connectivity index (χ2v) is 5.12. The largest absolute Gasteiger partial charge is 0.392 e. The van der Waals surface area contributed by atoms with Gasteiger partial charge < -0.3 is 5.11 Å². The number of hydrogen-bond donors (Lipinski definition) is 1. The Kier molecular flexibility index (Phi) is 3.02. The molecule has 0 bridgehead atoms. The topological polar surface area (TPSA) is 36.4 Å². The summed E-state index contributed by atoms with van der Waals surface area (Å²) in [4.78, 5) is 6.87. The van der Waals surface area contributed by atoms with E-state index in [0.29, 0.717) is 0 Å². The highest BCUT2D eigenvalue weighted by Gasteiger charge is 2.20. The van der Waals surface area contributed by atoms with Crippen molar-refractivity contribution in [3.63, 3.8) is 0 Å². The summed E-state index contributed by atoms with van der Waals surface area (Å²) < 4.78 is 0. The number of para-hydroxylation sites is 1. The zero-order valence-corrected chi connectivity index (χ0v) is 10.6. The lowest BCUT2D eigenvalue weighted by Gasteiger charge is -2.16. The molecule has 0 spiro atoms. The minimum atomic E-state index is -0.154. The number of aliphatic hydroxyl groups is 1. The Labute approximate surface area is 107 Å². The van der Waals surface area contributed by atoms with Gasteiger partial charge in [-0.3, -0.25) is 9.88 Å². The van der Waals surface area contributed by atoms with Crippen LogP contribution in [0.3, 0.4) is 0 Å². The predicted molar refractivity (Wildman–Crippen MR) is 72.4 cm³/mol. The monoisotopic (exact) mass is 242 g/mol. The normalized spacial score (nSPS) is 20.7. The van der Waals surface area contributed by atoms with Crippen molar-refractivity contribution in [2.45, 2.75) is 26.0 Å². The van der Waals surface area contributed by atoms with Crippen LogP contribution in [0.4, 0.5) is 0 Å². The molecule has 1 aromatic heterocycles. The number of benzene rings is 1. The number of aromatic nitrogens is 1. The SMILES string of the molecule is Cc1cc(CN2CCC(O)C2)c2ccccc2n1. The molecule has 1 saturated heterocycles. The van der Waals surface area contributed by atoms with Gasteiger partial charge in [0.15, 0.2) is 0 Å². The van der Waals surface area contributed by atoms with Crippen molar-refractivity contribution >= 4 is 10.9 Å². The van der Waals surface area contributed by atoms with Gasteiger partial charge >= 0.3 is 0 Å². The molecule has 0 aliphatic carbocycles. The Morgan fingerprint density at radius 2 is 2.22 bits per heavy atom. The molecule has 3 nitrogen and oxygen atoms in total. The molecule has 1 atom stereocenters. The predicted octanol–water partition coefficient (Wildman–Crippen LogP) is 2.11. The summed E-state index contributed by atoms with van der Waals surface area (Å²) in [7, 11) is 0. The fourth-order valence-corrected chi connectivity index (χ4v) is 2.72. The molecule has 1 unspecified atom stereocenters. The van der Waals surface area contributed by atoms with E-state index in [0.717, 1.165) is 37.3 Å². The van der Waals surface area contributed by atoms with Crippen LogP contribution in [0.2, 0.25) is 0 Å². The first-order valence-electron chi connectivity index (χ1n) is 6.48. The van der Waals surface area contributed by atoms with Crippen LogP contribution in [0.5, 0.6) is 0 Å².